The quantitative estimate of drug-likeness (QED) is 0.562. The van der Waals surface area contributed by atoms with Crippen LogP contribution in [0.25, 0.3) is 0 Å². The Morgan fingerprint density at radius 3 is 2.11 bits per heavy atom. The molecular weight excluding hydrogens is 386 g/mol. The maximum Gasteiger partial charge on any atom is 0.343 e. The van der Waals surface area contributed by atoms with Crippen LogP contribution in [0.1, 0.15) is 30.6 Å². The first kappa shape index (κ1) is 19.9. The summed E-state index contributed by atoms with van der Waals surface area (Å²) in [6, 6.07) is 12.3. The minimum Gasteiger partial charge on any atom is -0.423 e. The van der Waals surface area contributed by atoms with Gasteiger partial charge in [-0.3, -0.25) is 0 Å². The van der Waals surface area contributed by atoms with Gasteiger partial charge in [-0.25, -0.2) is 13.2 Å². The maximum absolute atomic E-state index is 12.9. The van der Waals surface area contributed by atoms with E-state index in [1.54, 1.807) is 24.3 Å². The van der Waals surface area contributed by atoms with Crippen LogP contribution in [0.5, 0.6) is 5.75 Å². The van der Waals surface area contributed by atoms with Crippen molar-refractivity contribution in [1.29, 1.82) is 0 Å². The van der Waals surface area contributed by atoms with Crippen LogP contribution in [-0.4, -0.2) is 31.8 Å². The largest absolute Gasteiger partial charge is 0.423 e. The zero-order chi connectivity index (χ0) is 19.6. The summed E-state index contributed by atoms with van der Waals surface area (Å²) in [6.07, 6.45) is 1.03. The number of sulfonamides is 1. The third kappa shape index (κ3) is 4.69. The highest BCUT2D eigenvalue weighted by molar-refractivity contribution is 7.89. The van der Waals surface area contributed by atoms with E-state index < -0.39 is 16.0 Å². The Morgan fingerprint density at radius 2 is 1.56 bits per heavy atom. The third-order valence-electron chi connectivity index (χ3n) is 4.59. The summed E-state index contributed by atoms with van der Waals surface area (Å²) >= 11 is 5.81. The van der Waals surface area contributed by atoms with Crippen molar-refractivity contribution in [3.63, 3.8) is 0 Å². The molecule has 1 aliphatic heterocycles. The molecule has 2 aromatic carbocycles. The molecule has 1 aliphatic rings. The molecular formula is C20H22ClNO4S. The van der Waals surface area contributed by atoms with Crippen LogP contribution in [0.4, 0.5) is 0 Å². The number of hydrogen-bond donors (Lipinski definition) is 0. The van der Waals surface area contributed by atoms with Crippen LogP contribution in [0, 0.1) is 11.8 Å². The van der Waals surface area contributed by atoms with Crippen LogP contribution in [0.3, 0.4) is 0 Å². The summed E-state index contributed by atoms with van der Waals surface area (Å²) < 4.78 is 32.6. The van der Waals surface area contributed by atoms with E-state index >= 15 is 0 Å². The highest BCUT2D eigenvalue weighted by Crippen LogP contribution is 2.27. The molecule has 0 saturated carbocycles. The molecule has 0 N–H and O–H groups in total. The van der Waals surface area contributed by atoms with E-state index in [4.69, 9.17) is 16.3 Å². The predicted molar refractivity (Wildman–Crippen MR) is 105 cm³/mol. The summed E-state index contributed by atoms with van der Waals surface area (Å²) in [4.78, 5) is 12.4. The molecule has 0 bridgehead atoms. The van der Waals surface area contributed by atoms with Gasteiger partial charge in [-0.2, -0.15) is 4.31 Å². The smallest absolute Gasteiger partial charge is 0.343 e. The second kappa shape index (κ2) is 8.00. The number of rotatable bonds is 4. The van der Waals surface area contributed by atoms with Crippen molar-refractivity contribution in [2.24, 2.45) is 11.8 Å². The number of esters is 1. The van der Waals surface area contributed by atoms with Crippen LogP contribution in [0.15, 0.2) is 53.4 Å². The fraction of sp³-hybridized carbons (Fsp3) is 0.350. The van der Waals surface area contributed by atoms with Gasteiger partial charge in [0.2, 0.25) is 10.0 Å². The Labute approximate surface area is 165 Å². The molecule has 27 heavy (non-hydrogen) atoms. The average Bonchev–Trinajstić information content (AvgIpc) is 2.63. The maximum atomic E-state index is 12.9. The number of nitrogens with zero attached hydrogens (tertiary/aromatic N) is 1. The lowest BCUT2D eigenvalue weighted by Crippen LogP contribution is -2.42. The topological polar surface area (TPSA) is 63.7 Å². The van der Waals surface area contributed by atoms with Gasteiger partial charge < -0.3 is 4.74 Å². The first-order valence-electron chi connectivity index (χ1n) is 8.83. The van der Waals surface area contributed by atoms with Gasteiger partial charge in [0.05, 0.1) is 10.5 Å². The normalized spacial score (nSPS) is 21.0. The number of carbonyl (C=O) groups excluding carboxylic acids is 1. The van der Waals surface area contributed by atoms with Gasteiger partial charge in [0.1, 0.15) is 5.75 Å². The number of piperidine rings is 1. The number of ether oxygens (including phenoxy) is 1. The molecule has 2 aromatic rings. The van der Waals surface area contributed by atoms with Crippen LogP contribution in [-0.2, 0) is 10.0 Å². The van der Waals surface area contributed by atoms with E-state index in [9.17, 15) is 13.2 Å². The second-order valence-electron chi connectivity index (χ2n) is 7.14. The Hall–Kier alpha value is -1.89. The highest BCUT2D eigenvalue weighted by Gasteiger charge is 2.31. The standard InChI is InChI=1S/C20H22ClNO4S/c1-14-11-15(2)13-22(12-14)27(24,25)19-9-3-16(4-10-19)20(23)26-18-7-5-17(21)6-8-18/h3-10,14-15H,11-13H2,1-2H3/t14-,15-/m1/s1. The minimum atomic E-state index is -3.57. The molecule has 5 nitrogen and oxygen atoms in total. The molecule has 2 atom stereocenters. The van der Waals surface area contributed by atoms with E-state index in [2.05, 4.69) is 13.8 Å². The van der Waals surface area contributed by atoms with Gasteiger partial charge in [0.15, 0.2) is 0 Å². The molecule has 0 aliphatic carbocycles. The summed E-state index contributed by atoms with van der Waals surface area (Å²) in [6.45, 7) is 5.17. The summed E-state index contributed by atoms with van der Waals surface area (Å²) in [5.74, 6) is 0.480. The second-order valence-corrected chi connectivity index (χ2v) is 9.51. The van der Waals surface area contributed by atoms with Crippen molar-refractivity contribution in [3.8, 4) is 5.75 Å². The molecule has 1 fully saturated rings. The fourth-order valence-electron chi connectivity index (χ4n) is 3.38. The molecule has 0 unspecified atom stereocenters. The molecule has 0 spiro atoms. The molecule has 1 saturated heterocycles. The summed E-state index contributed by atoms with van der Waals surface area (Å²) in [5.41, 5.74) is 0.282. The van der Waals surface area contributed by atoms with E-state index in [0.29, 0.717) is 35.7 Å². The van der Waals surface area contributed by atoms with Crippen molar-refractivity contribution < 1.29 is 17.9 Å². The Bertz CT molecular complexity index is 900. The summed E-state index contributed by atoms with van der Waals surface area (Å²) in [7, 11) is -3.57. The average molecular weight is 408 g/mol. The van der Waals surface area contributed by atoms with Gasteiger partial charge in [0.25, 0.3) is 0 Å². The number of carbonyl (C=O) groups is 1. The Morgan fingerprint density at radius 1 is 1.00 bits per heavy atom. The highest BCUT2D eigenvalue weighted by atomic mass is 35.5. The number of halogens is 1. The monoisotopic (exact) mass is 407 g/mol. The van der Waals surface area contributed by atoms with Gasteiger partial charge in [0, 0.05) is 18.1 Å². The number of benzene rings is 2. The Kier molecular flexibility index (Phi) is 5.89. The van der Waals surface area contributed by atoms with Crippen LogP contribution < -0.4 is 4.74 Å². The first-order chi connectivity index (χ1) is 12.8. The molecule has 0 amide bonds. The Balaban J connectivity index is 1.74. The van der Waals surface area contributed by atoms with Crippen molar-refractivity contribution in [3.05, 3.63) is 59.1 Å². The molecule has 144 valence electrons. The van der Waals surface area contributed by atoms with Gasteiger partial charge in [-0.05, 0) is 66.8 Å². The zero-order valence-electron chi connectivity index (χ0n) is 15.3. The van der Waals surface area contributed by atoms with Gasteiger partial charge >= 0.3 is 5.97 Å². The SMILES string of the molecule is C[C@@H]1C[C@@H](C)CN(S(=O)(=O)c2ccc(C(=O)Oc3ccc(Cl)cc3)cc2)C1. The van der Waals surface area contributed by atoms with E-state index in [1.165, 1.54) is 28.6 Å². The molecule has 0 aromatic heterocycles. The third-order valence-corrected chi connectivity index (χ3v) is 6.69. The van der Waals surface area contributed by atoms with Crippen molar-refractivity contribution in [1.82, 2.24) is 4.31 Å². The lowest BCUT2D eigenvalue weighted by molar-refractivity contribution is 0.0734. The summed E-state index contributed by atoms with van der Waals surface area (Å²) in [5, 5.41) is 0.547. The molecule has 3 rings (SSSR count). The molecule has 1 heterocycles. The van der Waals surface area contributed by atoms with Crippen molar-refractivity contribution in [2.45, 2.75) is 25.2 Å². The molecule has 7 heteroatoms. The van der Waals surface area contributed by atoms with Crippen LogP contribution in [0.2, 0.25) is 5.02 Å². The van der Waals surface area contributed by atoms with Gasteiger partial charge in [-0.1, -0.05) is 25.4 Å². The van der Waals surface area contributed by atoms with E-state index in [0.717, 1.165) is 6.42 Å². The first-order valence-corrected chi connectivity index (χ1v) is 10.7. The zero-order valence-corrected chi connectivity index (χ0v) is 16.8. The molecule has 0 radical (unpaired) electrons. The lowest BCUT2D eigenvalue weighted by atomic mass is 9.94. The number of hydrogen-bond acceptors (Lipinski definition) is 4. The van der Waals surface area contributed by atoms with Crippen molar-refractivity contribution >= 4 is 27.6 Å². The van der Waals surface area contributed by atoms with Crippen molar-refractivity contribution in [2.75, 3.05) is 13.1 Å². The van der Waals surface area contributed by atoms with Crippen LogP contribution >= 0.6 is 11.6 Å². The predicted octanol–water partition coefficient (Wildman–Crippen LogP) is 4.23. The van der Waals surface area contributed by atoms with Gasteiger partial charge in [-0.15, -0.1) is 0 Å². The minimum absolute atomic E-state index is 0.187. The fourth-order valence-corrected chi connectivity index (χ4v) is 5.19. The lowest BCUT2D eigenvalue weighted by Gasteiger charge is -2.34. The van der Waals surface area contributed by atoms with E-state index in [-0.39, 0.29) is 10.5 Å². The van der Waals surface area contributed by atoms with E-state index in [1.807, 2.05) is 0 Å².